The molecule has 0 aromatic rings. The van der Waals surface area contributed by atoms with E-state index in [1.54, 1.807) is 4.31 Å². The van der Waals surface area contributed by atoms with Gasteiger partial charge in [0.15, 0.2) is 0 Å². The van der Waals surface area contributed by atoms with Gasteiger partial charge in [0, 0.05) is 12.6 Å². The molecule has 0 amide bonds. The predicted molar refractivity (Wildman–Crippen MR) is 71.6 cm³/mol. The average molecular weight is 262 g/mol. The number of rotatable bonds is 10. The molecule has 0 heterocycles. The van der Waals surface area contributed by atoms with Crippen LogP contribution >= 0.6 is 0 Å². The maximum Gasteiger partial charge on any atom is 0.214 e. The van der Waals surface area contributed by atoms with Gasteiger partial charge in [-0.1, -0.05) is 20.3 Å². The van der Waals surface area contributed by atoms with Crippen molar-refractivity contribution < 1.29 is 8.42 Å². The minimum atomic E-state index is -3.02. The lowest BCUT2D eigenvalue weighted by Gasteiger charge is -2.21. The van der Waals surface area contributed by atoms with Gasteiger partial charge >= 0.3 is 0 Å². The van der Waals surface area contributed by atoms with Crippen molar-refractivity contribution >= 4 is 10.0 Å². The maximum atomic E-state index is 12.2. The van der Waals surface area contributed by atoms with Crippen molar-refractivity contribution in [3.63, 3.8) is 0 Å². The zero-order valence-corrected chi connectivity index (χ0v) is 11.9. The Morgan fingerprint density at radius 1 is 1.24 bits per heavy atom. The normalized spacial score (nSPS) is 16.6. The Morgan fingerprint density at radius 2 is 1.94 bits per heavy atom. The summed E-state index contributed by atoms with van der Waals surface area (Å²) in [6, 6.07) is 0.311. The summed E-state index contributed by atoms with van der Waals surface area (Å²) in [5, 5.41) is 3.16. The molecule has 1 fully saturated rings. The smallest absolute Gasteiger partial charge is 0.214 e. The molecule has 1 aliphatic rings. The number of hydrogen-bond donors (Lipinski definition) is 1. The second-order valence-electron chi connectivity index (χ2n) is 4.72. The van der Waals surface area contributed by atoms with E-state index in [-0.39, 0.29) is 0 Å². The zero-order chi connectivity index (χ0) is 12.7. The lowest BCUT2D eigenvalue weighted by molar-refractivity contribution is 0.395. The first kappa shape index (κ1) is 14.9. The molecule has 0 radical (unpaired) electrons. The molecule has 1 saturated carbocycles. The first-order chi connectivity index (χ1) is 8.11. The van der Waals surface area contributed by atoms with Gasteiger partial charge in [-0.05, 0) is 38.8 Å². The summed E-state index contributed by atoms with van der Waals surface area (Å²) in [5.41, 5.74) is 0. The summed E-state index contributed by atoms with van der Waals surface area (Å²) in [7, 11) is -3.02. The average Bonchev–Trinajstić information content (AvgIpc) is 3.09. The van der Waals surface area contributed by atoms with E-state index < -0.39 is 10.0 Å². The molecule has 0 spiro atoms. The Hall–Kier alpha value is -0.130. The van der Waals surface area contributed by atoms with Crippen LogP contribution in [-0.2, 0) is 10.0 Å². The van der Waals surface area contributed by atoms with Crippen LogP contribution in [0.5, 0.6) is 0 Å². The van der Waals surface area contributed by atoms with Crippen LogP contribution < -0.4 is 5.32 Å². The van der Waals surface area contributed by atoms with Crippen molar-refractivity contribution in [1.82, 2.24) is 9.62 Å². The van der Waals surface area contributed by atoms with Crippen LogP contribution in [0.15, 0.2) is 0 Å². The second kappa shape index (κ2) is 7.34. The van der Waals surface area contributed by atoms with E-state index in [0.29, 0.717) is 24.8 Å². The number of sulfonamides is 1. The van der Waals surface area contributed by atoms with E-state index in [1.165, 1.54) is 0 Å². The van der Waals surface area contributed by atoms with Crippen LogP contribution in [-0.4, -0.2) is 44.2 Å². The fraction of sp³-hybridized carbons (Fsp3) is 1.00. The molecular formula is C12H26N2O2S. The van der Waals surface area contributed by atoms with E-state index in [9.17, 15) is 8.42 Å². The standard InChI is InChI=1S/C12H26N2O2S/c1-3-5-10-14(12-7-8-12)17(15,16)11-6-9-13-4-2/h12-13H,3-11H2,1-2H3. The topological polar surface area (TPSA) is 49.4 Å². The molecule has 5 heteroatoms. The lowest BCUT2D eigenvalue weighted by atomic mass is 10.3. The summed E-state index contributed by atoms with van der Waals surface area (Å²) in [6.07, 6.45) is 4.84. The second-order valence-corrected chi connectivity index (χ2v) is 6.76. The number of nitrogens with zero attached hydrogens (tertiary/aromatic N) is 1. The Balaban J connectivity index is 2.40. The SMILES string of the molecule is CCCCN(C1CC1)S(=O)(=O)CCCNCC. The van der Waals surface area contributed by atoms with Crippen LogP contribution in [0.4, 0.5) is 0 Å². The quantitative estimate of drug-likeness (QED) is 0.608. The van der Waals surface area contributed by atoms with Crippen LogP contribution in [0.25, 0.3) is 0 Å². The van der Waals surface area contributed by atoms with Crippen molar-refractivity contribution in [2.24, 2.45) is 0 Å². The molecule has 1 aliphatic carbocycles. The van der Waals surface area contributed by atoms with Crippen molar-refractivity contribution in [3.8, 4) is 0 Å². The first-order valence-electron chi connectivity index (χ1n) is 6.82. The number of hydrogen-bond acceptors (Lipinski definition) is 3. The summed E-state index contributed by atoms with van der Waals surface area (Å²) >= 11 is 0. The molecule has 0 atom stereocenters. The third-order valence-corrected chi connectivity index (χ3v) is 5.05. The molecule has 0 aliphatic heterocycles. The number of nitrogens with one attached hydrogen (secondary N) is 1. The van der Waals surface area contributed by atoms with Crippen molar-refractivity contribution in [2.75, 3.05) is 25.4 Å². The number of unbranched alkanes of at least 4 members (excludes halogenated alkanes) is 1. The highest BCUT2D eigenvalue weighted by Crippen LogP contribution is 2.29. The van der Waals surface area contributed by atoms with Gasteiger partial charge in [-0.15, -0.1) is 0 Å². The monoisotopic (exact) mass is 262 g/mol. The fourth-order valence-corrected chi connectivity index (χ4v) is 3.71. The van der Waals surface area contributed by atoms with Crippen molar-refractivity contribution in [3.05, 3.63) is 0 Å². The van der Waals surface area contributed by atoms with Crippen LogP contribution in [0, 0.1) is 0 Å². The fourth-order valence-electron chi connectivity index (χ4n) is 1.90. The Bertz CT molecular complexity index is 300. The molecule has 0 unspecified atom stereocenters. The molecule has 17 heavy (non-hydrogen) atoms. The summed E-state index contributed by atoms with van der Waals surface area (Å²) in [4.78, 5) is 0. The molecular weight excluding hydrogens is 236 g/mol. The molecule has 0 bridgehead atoms. The van der Waals surface area contributed by atoms with Gasteiger partial charge in [-0.2, -0.15) is 4.31 Å². The van der Waals surface area contributed by atoms with Gasteiger partial charge in [-0.3, -0.25) is 0 Å². The molecule has 0 aromatic carbocycles. The Morgan fingerprint density at radius 3 is 2.47 bits per heavy atom. The highest BCUT2D eigenvalue weighted by molar-refractivity contribution is 7.89. The van der Waals surface area contributed by atoms with Crippen LogP contribution in [0.1, 0.15) is 46.0 Å². The third kappa shape index (κ3) is 5.36. The van der Waals surface area contributed by atoms with Gasteiger partial charge in [0.2, 0.25) is 10.0 Å². The Kier molecular flexibility index (Phi) is 6.44. The summed E-state index contributed by atoms with van der Waals surface area (Å²) in [6.45, 7) is 6.55. The zero-order valence-electron chi connectivity index (χ0n) is 11.1. The third-order valence-electron chi connectivity index (χ3n) is 3.05. The molecule has 0 saturated heterocycles. The first-order valence-corrected chi connectivity index (χ1v) is 8.43. The highest BCUT2D eigenvalue weighted by atomic mass is 32.2. The van der Waals surface area contributed by atoms with E-state index >= 15 is 0 Å². The Labute approximate surface area is 106 Å². The predicted octanol–water partition coefficient (Wildman–Crippen LogP) is 1.58. The molecule has 0 aromatic heterocycles. The summed E-state index contributed by atoms with van der Waals surface area (Å²) < 4.78 is 26.1. The molecule has 1 rings (SSSR count). The van der Waals surface area contributed by atoms with Gasteiger partial charge in [0.05, 0.1) is 5.75 Å². The van der Waals surface area contributed by atoms with Gasteiger partial charge in [0.25, 0.3) is 0 Å². The van der Waals surface area contributed by atoms with E-state index in [1.807, 2.05) is 6.92 Å². The van der Waals surface area contributed by atoms with Gasteiger partial charge < -0.3 is 5.32 Å². The van der Waals surface area contributed by atoms with E-state index in [0.717, 1.165) is 38.8 Å². The largest absolute Gasteiger partial charge is 0.317 e. The van der Waals surface area contributed by atoms with Crippen LogP contribution in [0.2, 0.25) is 0 Å². The summed E-state index contributed by atoms with van der Waals surface area (Å²) in [5.74, 6) is 0.292. The molecule has 102 valence electrons. The maximum absolute atomic E-state index is 12.2. The van der Waals surface area contributed by atoms with Gasteiger partial charge in [0.1, 0.15) is 0 Å². The van der Waals surface area contributed by atoms with E-state index in [2.05, 4.69) is 12.2 Å². The van der Waals surface area contributed by atoms with E-state index in [4.69, 9.17) is 0 Å². The van der Waals surface area contributed by atoms with Crippen LogP contribution in [0.3, 0.4) is 0 Å². The molecule has 4 nitrogen and oxygen atoms in total. The van der Waals surface area contributed by atoms with Gasteiger partial charge in [-0.25, -0.2) is 8.42 Å². The van der Waals surface area contributed by atoms with Crippen molar-refractivity contribution in [1.29, 1.82) is 0 Å². The lowest BCUT2D eigenvalue weighted by Crippen LogP contribution is -2.36. The van der Waals surface area contributed by atoms with Crippen molar-refractivity contribution in [2.45, 2.75) is 52.0 Å². The minimum absolute atomic E-state index is 0.292. The highest BCUT2D eigenvalue weighted by Gasteiger charge is 2.36. The molecule has 1 N–H and O–H groups in total. The minimum Gasteiger partial charge on any atom is -0.317 e.